The predicted octanol–water partition coefficient (Wildman–Crippen LogP) is 1.85. The summed E-state index contributed by atoms with van der Waals surface area (Å²) in [5.41, 5.74) is 12.4. The summed E-state index contributed by atoms with van der Waals surface area (Å²) in [6, 6.07) is 3.29. The number of esters is 2. The van der Waals surface area contributed by atoms with Crippen molar-refractivity contribution in [3.8, 4) is 11.5 Å². The molecule has 1 aromatic rings. The first kappa shape index (κ1) is 20.9. The van der Waals surface area contributed by atoms with Crippen molar-refractivity contribution < 1.29 is 28.5 Å². The molecule has 8 nitrogen and oxygen atoms in total. The molecule has 0 unspecified atom stereocenters. The molecule has 0 aliphatic carbocycles. The lowest BCUT2D eigenvalue weighted by atomic mass is 10.2. The van der Waals surface area contributed by atoms with Crippen LogP contribution >= 0.6 is 0 Å². The average Bonchev–Trinajstić information content (AvgIpc) is 2.65. The molecular weight excluding hydrogens is 340 g/mol. The van der Waals surface area contributed by atoms with Crippen LogP contribution in [0, 0.1) is 0 Å². The highest BCUT2D eigenvalue weighted by Crippen LogP contribution is 2.35. The third-order valence-electron chi connectivity index (χ3n) is 3.12. The van der Waals surface area contributed by atoms with Crippen molar-refractivity contribution >= 4 is 23.3 Å². The monoisotopic (exact) mass is 364 g/mol. The Kier molecular flexibility index (Phi) is 9.16. The molecule has 0 fully saturated rings. The average molecular weight is 364 g/mol. The second-order valence-electron chi connectivity index (χ2n) is 5.04. The van der Waals surface area contributed by atoms with E-state index in [0.717, 1.165) is 12.2 Å². The Hall–Kier alpha value is -3.16. The number of rotatable bonds is 12. The molecule has 8 heteroatoms. The maximum atomic E-state index is 10.9. The van der Waals surface area contributed by atoms with Crippen LogP contribution in [-0.2, 0) is 19.1 Å². The molecule has 0 aromatic heterocycles. The summed E-state index contributed by atoms with van der Waals surface area (Å²) in [6.45, 7) is 7.67. The van der Waals surface area contributed by atoms with E-state index < -0.39 is 11.9 Å². The van der Waals surface area contributed by atoms with Gasteiger partial charge in [0.15, 0.2) is 0 Å². The summed E-state index contributed by atoms with van der Waals surface area (Å²) < 4.78 is 20.7. The van der Waals surface area contributed by atoms with Crippen molar-refractivity contribution in [1.29, 1.82) is 0 Å². The molecule has 4 N–H and O–H groups in total. The Bertz CT molecular complexity index is 590. The molecule has 26 heavy (non-hydrogen) atoms. The first-order valence-corrected chi connectivity index (χ1v) is 8.01. The molecule has 0 aliphatic heterocycles. The van der Waals surface area contributed by atoms with Gasteiger partial charge in [-0.2, -0.15) is 0 Å². The zero-order chi connectivity index (χ0) is 19.4. The van der Waals surface area contributed by atoms with Gasteiger partial charge in [0.2, 0.25) is 0 Å². The molecular formula is C18H24N2O6. The molecule has 142 valence electrons. The Morgan fingerprint density at radius 2 is 1.19 bits per heavy atom. The zero-order valence-electron chi connectivity index (χ0n) is 14.6. The lowest BCUT2D eigenvalue weighted by Gasteiger charge is -2.14. The van der Waals surface area contributed by atoms with Crippen LogP contribution in [0.2, 0.25) is 0 Å². The summed E-state index contributed by atoms with van der Waals surface area (Å²) in [6.07, 6.45) is 3.20. The molecule has 1 aromatic carbocycles. The maximum Gasteiger partial charge on any atom is 0.330 e. The standard InChI is InChI=1S/C18H24N2O6/c1-3-15(21)25-11-5-9-23-13-7-8-14(18(20)17(13)19)24-10-6-12-26-16(22)4-2/h3-4,7-8H,1-2,5-6,9-12,19-20H2. The number of nitrogens with two attached hydrogens (primary N) is 2. The lowest BCUT2D eigenvalue weighted by molar-refractivity contribution is -0.138. The number of ether oxygens (including phenoxy) is 4. The zero-order valence-corrected chi connectivity index (χ0v) is 14.6. The SMILES string of the molecule is C=CC(=O)OCCCOc1ccc(OCCCOC(=O)C=C)c(N)c1N. The van der Waals surface area contributed by atoms with Gasteiger partial charge in [0.05, 0.1) is 26.4 Å². The van der Waals surface area contributed by atoms with E-state index >= 15 is 0 Å². The van der Waals surface area contributed by atoms with E-state index in [1.807, 2.05) is 0 Å². The van der Waals surface area contributed by atoms with Crippen LogP contribution in [0.3, 0.4) is 0 Å². The largest absolute Gasteiger partial charge is 0.491 e. The minimum atomic E-state index is -0.477. The van der Waals surface area contributed by atoms with Gasteiger partial charge < -0.3 is 30.4 Å². The lowest BCUT2D eigenvalue weighted by Crippen LogP contribution is -2.09. The third-order valence-corrected chi connectivity index (χ3v) is 3.12. The van der Waals surface area contributed by atoms with Crippen molar-refractivity contribution in [3.63, 3.8) is 0 Å². The van der Waals surface area contributed by atoms with Crippen LogP contribution in [0.1, 0.15) is 12.8 Å². The quantitative estimate of drug-likeness (QED) is 0.249. The van der Waals surface area contributed by atoms with Crippen LogP contribution in [-0.4, -0.2) is 38.4 Å². The number of benzene rings is 1. The Balaban J connectivity index is 2.39. The summed E-state index contributed by atoms with van der Waals surface area (Å²) in [5, 5.41) is 0. The highest BCUT2D eigenvalue weighted by atomic mass is 16.5. The second-order valence-corrected chi connectivity index (χ2v) is 5.04. The molecule has 0 atom stereocenters. The highest BCUT2D eigenvalue weighted by molar-refractivity contribution is 5.81. The summed E-state index contributed by atoms with van der Waals surface area (Å²) >= 11 is 0. The van der Waals surface area contributed by atoms with Crippen molar-refractivity contribution in [3.05, 3.63) is 37.4 Å². The molecule has 1 rings (SSSR count). The van der Waals surface area contributed by atoms with Gasteiger partial charge in [-0.3, -0.25) is 0 Å². The highest BCUT2D eigenvalue weighted by Gasteiger charge is 2.10. The molecule has 0 saturated heterocycles. The van der Waals surface area contributed by atoms with E-state index in [4.69, 9.17) is 30.4 Å². The summed E-state index contributed by atoms with van der Waals surface area (Å²) in [7, 11) is 0. The van der Waals surface area contributed by atoms with E-state index in [-0.39, 0.29) is 24.6 Å². The van der Waals surface area contributed by atoms with Gasteiger partial charge in [-0.15, -0.1) is 0 Å². The van der Waals surface area contributed by atoms with Crippen LogP contribution in [0.15, 0.2) is 37.4 Å². The van der Waals surface area contributed by atoms with Gasteiger partial charge in [0.25, 0.3) is 0 Å². The maximum absolute atomic E-state index is 10.9. The molecule has 0 bridgehead atoms. The first-order valence-electron chi connectivity index (χ1n) is 8.01. The number of anilines is 2. The Morgan fingerprint density at radius 1 is 0.808 bits per heavy atom. The fraction of sp³-hybridized carbons (Fsp3) is 0.333. The van der Waals surface area contributed by atoms with Crippen molar-refractivity contribution in [2.24, 2.45) is 0 Å². The van der Waals surface area contributed by atoms with E-state index in [2.05, 4.69) is 13.2 Å². The van der Waals surface area contributed by atoms with Gasteiger partial charge in [0.1, 0.15) is 22.9 Å². The predicted molar refractivity (Wildman–Crippen MR) is 97.8 cm³/mol. The number of hydrogen-bond donors (Lipinski definition) is 2. The molecule has 0 aliphatic rings. The molecule has 0 spiro atoms. The number of carbonyl (C=O) groups excluding carboxylic acids is 2. The normalized spacial score (nSPS) is 9.85. The van der Waals surface area contributed by atoms with E-state index in [9.17, 15) is 9.59 Å². The van der Waals surface area contributed by atoms with Gasteiger partial charge in [0, 0.05) is 25.0 Å². The van der Waals surface area contributed by atoms with Gasteiger partial charge in [-0.25, -0.2) is 9.59 Å². The van der Waals surface area contributed by atoms with Crippen molar-refractivity contribution in [1.82, 2.24) is 0 Å². The minimum Gasteiger partial charge on any atom is -0.491 e. The molecule has 0 heterocycles. The summed E-state index contributed by atoms with van der Waals surface area (Å²) in [5.74, 6) is -0.112. The van der Waals surface area contributed by atoms with E-state index in [1.54, 1.807) is 12.1 Å². The number of nitrogen functional groups attached to an aromatic ring is 2. The van der Waals surface area contributed by atoms with Crippen molar-refractivity contribution in [2.75, 3.05) is 37.9 Å². The van der Waals surface area contributed by atoms with Crippen molar-refractivity contribution in [2.45, 2.75) is 12.8 Å². The number of carbonyl (C=O) groups is 2. The molecule has 0 amide bonds. The Labute approximate surface area is 152 Å². The van der Waals surface area contributed by atoms with Gasteiger partial charge >= 0.3 is 11.9 Å². The topological polar surface area (TPSA) is 123 Å². The van der Waals surface area contributed by atoms with Crippen LogP contribution in [0.25, 0.3) is 0 Å². The first-order chi connectivity index (χ1) is 12.5. The van der Waals surface area contributed by atoms with Crippen LogP contribution in [0.5, 0.6) is 11.5 Å². The smallest absolute Gasteiger partial charge is 0.330 e. The fourth-order valence-corrected chi connectivity index (χ4v) is 1.79. The van der Waals surface area contributed by atoms with Crippen LogP contribution < -0.4 is 20.9 Å². The van der Waals surface area contributed by atoms with E-state index in [1.165, 1.54) is 0 Å². The van der Waals surface area contributed by atoms with Gasteiger partial charge in [-0.05, 0) is 12.1 Å². The third kappa shape index (κ3) is 7.16. The summed E-state index contributed by atoms with van der Waals surface area (Å²) in [4.78, 5) is 21.8. The molecule has 0 saturated carbocycles. The van der Waals surface area contributed by atoms with Gasteiger partial charge in [-0.1, -0.05) is 13.2 Å². The molecule has 0 radical (unpaired) electrons. The van der Waals surface area contributed by atoms with Crippen LogP contribution in [0.4, 0.5) is 11.4 Å². The Morgan fingerprint density at radius 3 is 1.54 bits per heavy atom. The fourth-order valence-electron chi connectivity index (χ4n) is 1.79. The minimum absolute atomic E-state index is 0.220. The number of hydrogen-bond acceptors (Lipinski definition) is 8. The van der Waals surface area contributed by atoms with E-state index in [0.29, 0.717) is 37.6 Å². The second kappa shape index (κ2) is 11.4.